The average molecular weight is 240 g/mol. The fraction of sp³-hybridized carbons (Fsp3) is 0.667. The van der Waals surface area contributed by atoms with Crippen LogP contribution in [0.3, 0.4) is 0 Å². The molecule has 0 aliphatic carbocycles. The second-order valence-electron chi connectivity index (χ2n) is 4.68. The summed E-state index contributed by atoms with van der Waals surface area (Å²) in [4.78, 5) is 11.1. The van der Waals surface area contributed by atoms with Crippen molar-refractivity contribution in [2.24, 2.45) is 5.92 Å². The Kier molecular flexibility index (Phi) is 3.33. The van der Waals surface area contributed by atoms with Crippen LogP contribution in [0.15, 0.2) is 6.07 Å². The molecule has 1 aromatic heterocycles. The van der Waals surface area contributed by atoms with E-state index in [0.717, 1.165) is 36.8 Å². The first-order chi connectivity index (χ1) is 7.56. The van der Waals surface area contributed by atoms with Gasteiger partial charge in [-0.3, -0.25) is 0 Å². The molecule has 0 saturated carbocycles. The molecule has 1 fully saturated rings. The number of alkyl halides is 1. The van der Waals surface area contributed by atoms with Gasteiger partial charge in [0.15, 0.2) is 0 Å². The Hall–Kier alpha value is -0.830. The minimum absolute atomic E-state index is 0.207. The molecule has 4 heteroatoms. The van der Waals surface area contributed by atoms with Gasteiger partial charge in [-0.05, 0) is 32.3 Å². The lowest BCUT2D eigenvalue weighted by atomic mass is 9.99. The van der Waals surface area contributed by atoms with Crippen LogP contribution in [0, 0.1) is 19.8 Å². The van der Waals surface area contributed by atoms with Gasteiger partial charge in [0.25, 0.3) is 0 Å². The van der Waals surface area contributed by atoms with Crippen LogP contribution in [0.25, 0.3) is 0 Å². The number of piperidine rings is 1. The number of rotatable bonds is 1. The van der Waals surface area contributed by atoms with Crippen LogP contribution in [0.2, 0.25) is 0 Å². The summed E-state index contributed by atoms with van der Waals surface area (Å²) in [6.45, 7) is 8.07. The first-order valence-electron chi connectivity index (χ1n) is 5.77. The summed E-state index contributed by atoms with van der Waals surface area (Å²) in [5.41, 5.74) is 2.04. The van der Waals surface area contributed by atoms with Crippen LogP contribution < -0.4 is 4.90 Å². The van der Waals surface area contributed by atoms with Crippen molar-refractivity contribution >= 4 is 17.5 Å². The van der Waals surface area contributed by atoms with E-state index >= 15 is 0 Å². The molecule has 0 spiro atoms. The van der Waals surface area contributed by atoms with Crippen LogP contribution in [0.5, 0.6) is 0 Å². The van der Waals surface area contributed by atoms with E-state index < -0.39 is 0 Å². The first-order valence-corrected chi connectivity index (χ1v) is 6.21. The summed E-state index contributed by atoms with van der Waals surface area (Å²) in [6, 6.07) is 1.99. The maximum Gasteiger partial charge on any atom is 0.225 e. The van der Waals surface area contributed by atoms with Crippen LogP contribution >= 0.6 is 11.6 Å². The minimum Gasteiger partial charge on any atom is -0.339 e. The normalized spacial score (nSPS) is 25.9. The number of aryl methyl sites for hydroxylation is 2. The molecule has 0 bridgehead atoms. The van der Waals surface area contributed by atoms with E-state index in [1.54, 1.807) is 0 Å². The van der Waals surface area contributed by atoms with Gasteiger partial charge < -0.3 is 4.90 Å². The molecule has 0 N–H and O–H groups in total. The van der Waals surface area contributed by atoms with E-state index in [0.29, 0.717) is 5.92 Å². The summed E-state index contributed by atoms with van der Waals surface area (Å²) < 4.78 is 0. The summed E-state index contributed by atoms with van der Waals surface area (Å²) in [5, 5.41) is 0.207. The van der Waals surface area contributed by atoms with Gasteiger partial charge in [0.1, 0.15) is 0 Å². The topological polar surface area (TPSA) is 29.0 Å². The van der Waals surface area contributed by atoms with Crippen molar-refractivity contribution < 1.29 is 0 Å². The van der Waals surface area contributed by atoms with Gasteiger partial charge in [-0.1, -0.05) is 6.92 Å². The van der Waals surface area contributed by atoms with Gasteiger partial charge in [-0.2, -0.15) is 0 Å². The van der Waals surface area contributed by atoms with Crippen molar-refractivity contribution in [2.45, 2.75) is 32.6 Å². The molecule has 1 aromatic rings. The van der Waals surface area contributed by atoms with Crippen LogP contribution in [-0.4, -0.2) is 28.4 Å². The molecular weight excluding hydrogens is 222 g/mol. The zero-order valence-electron chi connectivity index (χ0n) is 10.1. The van der Waals surface area contributed by atoms with E-state index in [2.05, 4.69) is 21.8 Å². The van der Waals surface area contributed by atoms with Crippen molar-refractivity contribution in [1.29, 1.82) is 0 Å². The molecular formula is C12H18ClN3. The molecule has 0 radical (unpaired) electrons. The minimum atomic E-state index is 0.207. The highest BCUT2D eigenvalue weighted by molar-refractivity contribution is 6.21. The standard InChI is InChI=1S/C12H18ClN3/c1-8-4-5-16(7-11(8)13)12-14-9(2)6-10(3)15-12/h6,8,11H,4-5,7H2,1-3H3. The van der Waals surface area contributed by atoms with Crippen molar-refractivity contribution in [2.75, 3.05) is 18.0 Å². The third kappa shape index (κ3) is 2.46. The van der Waals surface area contributed by atoms with Crippen LogP contribution in [-0.2, 0) is 0 Å². The molecule has 2 heterocycles. The molecule has 1 aliphatic heterocycles. The predicted molar refractivity (Wildman–Crippen MR) is 67.1 cm³/mol. The second-order valence-corrected chi connectivity index (χ2v) is 5.24. The van der Waals surface area contributed by atoms with Crippen molar-refractivity contribution in [3.63, 3.8) is 0 Å². The Labute approximate surface area is 102 Å². The largest absolute Gasteiger partial charge is 0.339 e. The molecule has 1 aliphatic rings. The van der Waals surface area contributed by atoms with Gasteiger partial charge in [-0.15, -0.1) is 11.6 Å². The molecule has 0 aromatic carbocycles. The highest BCUT2D eigenvalue weighted by Gasteiger charge is 2.25. The zero-order valence-corrected chi connectivity index (χ0v) is 10.8. The van der Waals surface area contributed by atoms with Crippen molar-refractivity contribution in [3.8, 4) is 0 Å². The summed E-state index contributed by atoms with van der Waals surface area (Å²) in [5.74, 6) is 1.42. The van der Waals surface area contributed by atoms with Gasteiger partial charge in [0.2, 0.25) is 5.95 Å². The lowest BCUT2D eigenvalue weighted by Crippen LogP contribution is -2.41. The molecule has 16 heavy (non-hydrogen) atoms. The highest BCUT2D eigenvalue weighted by Crippen LogP contribution is 2.24. The average Bonchev–Trinajstić information content (AvgIpc) is 2.20. The third-order valence-corrected chi connectivity index (χ3v) is 3.69. The fourth-order valence-electron chi connectivity index (χ4n) is 2.05. The van der Waals surface area contributed by atoms with Gasteiger partial charge in [-0.25, -0.2) is 9.97 Å². The van der Waals surface area contributed by atoms with Crippen molar-refractivity contribution in [1.82, 2.24) is 9.97 Å². The fourth-order valence-corrected chi connectivity index (χ4v) is 2.35. The SMILES string of the molecule is Cc1cc(C)nc(N2CCC(C)C(Cl)C2)n1. The van der Waals surface area contributed by atoms with E-state index in [-0.39, 0.29) is 5.38 Å². The van der Waals surface area contributed by atoms with E-state index in [1.807, 2.05) is 19.9 Å². The second kappa shape index (κ2) is 4.58. The monoisotopic (exact) mass is 239 g/mol. The smallest absolute Gasteiger partial charge is 0.225 e. The third-order valence-electron chi connectivity index (χ3n) is 3.12. The Morgan fingerprint density at radius 2 is 1.94 bits per heavy atom. The van der Waals surface area contributed by atoms with E-state index in [9.17, 15) is 0 Å². The summed E-state index contributed by atoms with van der Waals surface area (Å²) >= 11 is 6.29. The van der Waals surface area contributed by atoms with E-state index in [4.69, 9.17) is 11.6 Å². The Bertz CT molecular complexity index is 360. The Morgan fingerprint density at radius 3 is 2.50 bits per heavy atom. The number of nitrogens with zero attached hydrogens (tertiary/aromatic N) is 3. The molecule has 88 valence electrons. The molecule has 0 amide bonds. The van der Waals surface area contributed by atoms with Crippen LogP contribution in [0.1, 0.15) is 24.7 Å². The van der Waals surface area contributed by atoms with Gasteiger partial charge in [0, 0.05) is 24.5 Å². The predicted octanol–water partition coefficient (Wildman–Crippen LogP) is 2.55. The molecule has 2 unspecified atom stereocenters. The number of aromatic nitrogens is 2. The maximum atomic E-state index is 6.29. The molecule has 1 saturated heterocycles. The van der Waals surface area contributed by atoms with E-state index in [1.165, 1.54) is 0 Å². The maximum absolute atomic E-state index is 6.29. The van der Waals surface area contributed by atoms with Crippen molar-refractivity contribution in [3.05, 3.63) is 17.5 Å². The Morgan fingerprint density at radius 1 is 1.31 bits per heavy atom. The first kappa shape index (κ1) is 11.6. The molecule has 2 rings (SSSR count). The molecule has 2 atom stereocenters. The number of hydrogen-bond donors (Lipinski definition) is 0. The highest BCUT2D eigenvalue weighted by atomic mass is 35.5. The number of halogens is 1. The summed E-state index contributed by atoms with van der Waals surface area (Å²) in [6.07, 6.45) is 1.12. The number of anilines is 1. The Balaban J connectivity index is 2.18. The quantitative estimate of drug-likeness (QED) is 0.706. The lowest BCUT2D eigenvalue weighted by Gasteiger charge is -2.34. The number of hydrogen-bond acceptors (Lipinski definition) is 3. The van der Waals surface area contributed by atoms with Gasteiger partial charge in [0.05, 0.1) is 5.38 Å². The summed E-state index contributed by atoms with van der Waals surface area (Å²) in [7, 11) is 0. The van der Waals surface area contributed by atoms with Gasteiger partial charge >= 0.3 is 0 Å². The zero-order chi connectivity index (χ0) is 11.7. The molecule has 3 nitrogen and oxygen atoms in total. The van der Waals surface area contributed by atoms with Crippen LogP contribution in [0.4, 0.5) is 5.95 Å². The lowest BCUT2D eigenvalue weighted by molar-refractivity contribution is 0.441.